The summed E-state index contributed by atoms with van der Waals surface area (Å²) in [4.78, 5) is 38.8. The van der Waals surface area contributed by atoms with Gasteiger partial charge in [-0.15, -0.1) is 0 Å². The van der Waals surface area contributed by atoms with E-state index >= 15 is 0 Å². The number of hydrogen-bond donors (Lipinski definition) is 1. The van der Waals surface area contributed by atoms with Crippen molar-refractivity contribution >= 4 is 17.7 Å². The van der Waals surface area contributed by atoms with Crippen LogP contribution in [0.15, 0.2) is 23.3 Å². The molecule has 0 bridgehead atoms. The molecule has 0 saturated heterocycles. The molecule has 204 valence electrons. The van der Waals surface area contributed by atoms with Crippen molar-refractivity contribution in [3.05, 3.63) is 23.3 Å². The average molecular weight is 511 g/mol. The van der Waals surface area contributed by atoms with Gasteiger partial charge in [0.15, 0.2) is 5.78 Å². The van der Waals surface area contributed by atoms with Crippen molar-refractivity contribution in [2.24, 2.45) is 50.2 Å². The van der Waals surface area contributed by atoms with Gasteiger partial charge >= 0.3 is 11.9 Å². The summed E-state index contributed by atoms with van der Waals surface area (Å²) in [6, 6.07) is 0. The molecule has 0 spiro atoms. The minimum absolute atomic E-state index is 0.0321. The molecule has 3 saturated carbocycles. The molecule has 0 amide bonds. The Morgan fingerprint density at radius 2 is 1.59 bits per heavy atom. The van der Waals surface area contributed by atoms with E-state index in [2.05, 4.69) is 40.7 Å². The molecule has 3 fully saturated rings. The molecule has 37 heavy (non-hydrogen) atoms. The number of carbonyl (C=O) groups excluding carboxylic acids is 2. The Bertz CT molecular complexity index is 1130. The molecular weight excluding hydrogens is 464 g/mol. The second-order valence-corrected chi connectivity index (χ2v) is 15.1. The molecule has 5 aliphatic carbocycles. The highest BCUT2D eigenvalue weighted by Crippen LogP contribution is 2.75. The first-order chi connectivity index (χ1) is 17.0. The highest BCUT2D eigenvalue weighted by molar-refractivity contribution is 6.19. The van der Waals surface area contributed by atoms with Crippen molar-refractivity contribution in [1.29, 1.82) is 0 Å². The number of allylic oxidation sites excluding steroid dienone is 3. The van der Waals surface area contributed by atoms with Crippen LogP contribution >= 0.6 is 0 Å². The molecule has 0 aromatic rings. The summed E-state index contributed by atoms with van der Waals surface area (Å²) in [5.41, 5.74) is -0.0624. The van der Waals surface area contributed by atoms with E-state index in [1.165, 1.54) is 12.7 Å². The van der Waals surface area contributed by atoms with E-state index in [1.807, 2.05) is 19.9 Å². The number of aliphatic carboxylic acids is 1. The molecule has 5 heteroatoms. The monoisotopic (exact) mass is 510 g/mol. The Morgan fingerprint density at radius 1 is 0.946 bits per heavy atom. The standard InChI is InChI=1S/C32H46O5/c1-27(2)13-15-32(26(36)37-8)16-14-30(6)20(21(32)18-27)9-10-23-29(5)17-19(25(34)35)24(33)28(3,4)22(29)11-12-31(23,30)7/h9,17,21-23H,10-16,18H2,1-8H3,(H,34,35)/t21?,22-,23+,29-,30+,31+,32-/m0/s1. The maximum absolute atomic E-state index is 13.4. The second-order valence-electron chi connectivity index (χ2n) is 15.1. The van der Waals surface area contributed by atoms with Crippen LogP contribution in [0.2, 0.25) is 0 Å². The Labute approximate surface area is 222 Å². The van der Waals surface area contributed by atoms with Crippen molar-refractivity contribution in [1.82, 2.24) is 0 Å². The molecule has 7 atom stereocenters. The van der Waals surface area contributed by atoms with Gasteiger partial charge in [-0.2, -0.15) is 0 Å². The van der Waals surface area contributed by atoms with E-state index in [0.29, 0.717) is 0 Å². The fraction of sp³-hybridized carbons (Fsp3) is 0.781. The molecule has 5 rings (SSSR count). The number of carboxylic acids is 1. The van der Waals surface area contributed by atoms with Gasteiger partial charge in [-0.1, -0.05) is 66.2 Å². The molecule has 5 nitrogen and oxygen atoms in total. The molecule has 0 aromatic heterocycles. The number of methoxy groups -OCH3 is 1. The Balaban J connectivity index is 1.66. The van der Waals surface area contributed by atoms with Crippen LogP contribution in [0.3, 0.4) is 0 Å². The van der Waals surface area contributed by atoms with E-state index in [9.17, 15) is 19.5 Å². The SMILES string of the molecule is COC(=O)[C@]12CCC(C)(C)CC1C1=CC[C@@H]3[C@@]4(C)C=C(C(=O)O)C(=O)C(C)(C)[C@@H]4CC[C@@]3(C)[C@]1(C)CC2. The zero-order valence-corrected chi connectivity index (χ0v) is 24.1. The van der Waals surface area contributed by atoms with Crippen molar-refractivity contribution in [2.45, 2.75) is 99.8 Å². The fourth-order valence-electron chi connectivity index (χ4n) is 10.5. The van der Waals surface area contributed by atoms with Crippen LogP contribution in [-0.4, -0.2) is 29.9 Å². The number of rotatable bonds is 2. The number of fused-ring (bicyclic) bond motifs is 7. The van der Waals surface area contributed by atoms with Gasteiger partial charge in [0.1, 0.15) is 0 Å². The summed E-state index contributed by atoms with van der Waals surface area (Å²) in [6.07, 6.45) is 11.8. The normalized spacial score (nSPS) is 45.7. The van der Waals surface area contributed by atoms with Gasteiger partial charge in [-0.3, -0.25) is 9.59 Å². The molecule has 1 unspecified atom stereocenters. The molecule has 0 heterocycles. The maximum Gasteiger partial charge on any atom is 0.339 e. The Hall–Kier alpha value is -1.91. The smallest absolute Gasteiger partial charge is 0.339 e. The fourth-order valence-corrected chi connectivity index (χ4v) is 10.5. The quantitative estimate of drug-likeness (QED) is 0.252. The van der Waals surface area contributed by atoms with Crippen LogP contribution in [0, 0.1) is 50.2 Å². The van der Waals surface area contributed by atoms with Crippen molar-refractivity contribution in [3.63, 3.8) is 0 Å². The van der Waals surface area contributed by atoms with Gasteiger partial charge in [0.05, 0.1) is 18.1 Å². The topological polar surface area (TPSA) is 80.7 Å². The van der Waals surface area contributed by atoms with Crippen LogP contribution < -0.4 is 0 Å². The average Bonchev–Trinajstić information content (AvgIpc) is 2.81. The van der Waals surface area contributed by atoms with E-state index < -0.39 is 16.8 Å². The van der Waals surface area contributed by atoms with Crippen LogP contribution in [-0.2, 0) is 19.1 Å². The van der Waals surface area contributed by atoms with Gasteiger partial charge in [0, 0.05) is 5.41 Å². The molecule has 0 aromatic carbocycles. The lowest BCUT2D eigenvalue weighted by Crippen LogP contribution is -2.64. The van der Waals surface area contributed by atoms with Crippen molar-refractivity contribution in [3.8, 4) is 0 Å². The number of carbonyl (C=O) groups is 3. The summed E-state index contributed by atoms with van der Waals surface area (Å²) < 4.78 is 5.45. The minimum Gasteiger partial charge on any atom is -0.478 e. The third-order valence-electron chi connectivity index (χ3n) is 12.8. The maximum atomic E-state index is 13.4. The Morgan fingerprint density at radius 3 is 2.22 bits per heavy atom. The van der Waals surface area contributed by atoms with E-state index in [1.54, 1.807) is 0 Å². The number of Topliss-reactive ketones (excluding diaryl/α,β-unsaturated/α-hetero) is 1. The molecule has 0 radical (unpaired) electrons. The summed E-state index contributed by atoms with van der Waals surface area (Å²) in [5.74, 6) is -0.849. The lowest BCUT2D eigenvalue weighted by atomic mass is 9.34. The number of carboxylic acid groups (broad SMARTS) is 1. The number of esters is 1. The minimum atomic E-state index is -1.10. The van der Waals surface area contributed by atoms with Crippen LogP contribution in [0.25, 0.3) is 0 Å². The van der Waals surface area contributed by atoms with Crippen LogP contribution in [0.5, 0.6) is 0 Å². The van der Waals surface area contributed by atoms with Crippen LogP contribution in [0.1, 0.15) is 99.8 Å². The Kier molecular flexibility index (Phi) is 5.64. The molecule has 0 aliphatic heterocycles. The van der Waals surface area contributed by atoms with Gasteiger partial charge in [-0.25, -0.2) is 4.79 Å². The zero-order chi connectivity index (χ0) is 27.4. The van der Waals surface area contributed by atoms with Gasteiger partial charge in [0.25, 0.3) is 0 Å². The summed E-state index contributed by atoms with van der Waals surface area (Å²) >= 11 is 0. The summed E-state index contributed by atoms with van der Waals surface area (Å²) in [6.45, 7) is 15.7. The first-order valence-corrected chi connectivity index (χ1v) is 14.3. The van der Waals surface area contributed by atoms with Gasteiger partial charge in [-0.05, 0) is 90.8 Å². The first-order valence-electron chi connectivity index (χ1n) is 14.3. The third kappa shape index (κ3) is 3.24. The number of ether oxygens (including phenoxy) is 1. The van der Waals surface area contributed by atoms with E-state index in [0.717, 1.165) is 51.4 Å². The van der Waals surface area contributed by atoms with Gasteiger partial charge < -0.3 is 9.84 Å². The van der Waals surface area contributed by atoms with Crippen molar-refractivity contribution < 1.29 is 24.2 Å². The van der Waals surface area contributed by atoms with E-state index in [-0.39, 0.29) is 56.7 Å². The van der Waals surface area contributed by atoms with E-state index in [4.69, 9.17) is 4.74 Å². The predicted molar refractivity (Wildman–Crippen MR) is 143 cm³/mol. The lowest BCUT2D eigenvalue weighted by molar-refractivity contribution is -0.177. The van der Waals surface area contributed by atoms with Crippen LogP contribution in [0.4, 0.5) is 0 Å². The highest BCUT2D eigenvalue weighted by atomic mass is 16.5. The first kappa shape index (κ1) is 26.7. The van der Waals surface area contributed by atoms with Gasteiger partial charge in [0.2, 0.25) is 0 Å². The summed E-state index contributed by atoms with van der Waals surface area (Å²) in [5, 5.41) is 9.98. The summed E-state index contributed by atoms with van der Waals surface area (Å²) in [7, 11) is 1.54. The molecular formula is C32H46O5. The highest BCUT2D eigenvalue weighted by Gasteiger charge is 2.69. The largest absolute Gasteiger partial charge is 0.478 e. The molecule has 1 N–H and O–H groups in total. The zero-order valence-electron chi connectivity index (χ0n) is 24.1. The lowest BCUT2D eigenvalue weighted by Gasteiger charge is -2.69. The van der Waals surface area contributed by atoms with Crippen molar-refractivity contribution in [2.75, 3.05) is 7.11 Å². The molecule has 5 aliphatic rings. The third-order valence-corrected chi connectivity index (χ3v) is 12.8. The number of ketones is 1. The number of hydrogen-bond acceptors (Lipinski definition) is 4. The second kappa shape index (κ2) is 7.82. The predicted octanol–water partition coefficient (Wildman–Crippen LogP) is 6.76.